The van der Waals surface area contributed by atoms with E-state index in [0.717, 1.165) is 12.8 Å². The maximum absolute atomic E-state index is 12.4. The fourth-order valence-electron chi connectivity index (χ4n) is 2.14. The van der Waals surface area contributed by atoms with Gasteiger partial charge >= 0.3 is 5.97 Å². The highest BCUT2D eigenvalue weighted by atomic mass is 35.5. The number of hydrogen-bond acceptors (Lipinski definition) is 4. The van der Waals surface area contributed by atoms with E-state index in [9.17, 15) is 9.59 Å². The number of carboxylic acids is 1. The molecule has 0 atom stereocenters. The normalized spacial score (nSPS) is 10.1. The summed E-state index contributed by atoms with van der Waals surface area (Å²) >= 11 is 11.2. The summed E-state index contributed by atoms with van der Waals surface area (Å²) in [6.07, 6.45) is 1.95. The number of nitrogens with one attached hydrogen (secondary N) is 2. The summed E-state index contributed by atoms with van der Waals surface area (Å²) in [5.74, 6) is -0.907. The van der Waals surface area contributed by atoms with E-state index in [1.165, 1.54) is 18.2 Å². The van der Waals surface area contributed by atoms with Crippen LogP contribution in [0.3, 0.4) is 0 Å². The van der Waals surface area contributed by atoms with Crippen LogP contribution in [-0.2, 0) is 0 Å². The second-order valence-corrected chi connectivity index (χ2v) is 6.45. The van der Waals surface area contributed by atoms with Gasteiger partial charge in [0, 0.05) is 5.56 Å². The van der Waals surface area contributed by atoms with E-state index >= 15 is 0 Å². The first-order chi connectivity index (χ1) is 12.9. The number of thiocarbonyl (C=S) groups is 1. The molecule has 0 aliphatic rings. The molecule has 6 nitrogen and oxygen atoms in total. The van der Waals surface area contributed by atoms with Crippen molar-refractivity contribution in [1.82, 2.24) is 5.32 Å². The van der Waals surface area contributed by atoms with Gasteiger partial charge in [0.05, 0.1) is 22.9 Å². The third kappa shape index (κ3) is 6.23. The molecule has 2 aromatic carbocycles. The molecule has 3 N–H and O–H groups in total. The van der Waals surface area contributed by atoms with Gasteiger partial charge in [0.25, 0.3) is 5.91 Å². The summed E-state index contributed by atoms with van der Waals surface area (Å²) in [5.41, 5.74) is 0.727. The molecule has 1 amide bonds. The number of anilines is 1. The molecule has 0 fully saturated rings. The first-order valence-corrected chi connectivity index (χ1v) is 9.07. The average molecular weight is 407 g/mol. The van der Waals surface area contributed by atoms with E-state index in [0.29, 0.717) is 23.6 Å². The molecule has 0 saturated heterocycles. The minimum atomic E-state index is -1.09. The van der Waals surface area contributed by atoms with Crippen LogP contribution in [-0.4, -0.2) is 28.7 Å². The number of benzene rings is 2. The third-order valence-electron chi connectivity index (χ3n) is 3.55. The second kappa shape index (κ2) is 9.89. The topological polar surface area (TPSA) is 87.7 Å². The molecule has 0 aliphatic heterocycles. The van der Waals surface area contributed by atoms with Crippen molar-refractivity contribution in [1.29, 1.82) is 0 Å². The lowest BCUT2D eigenvalue weighted by Crippen LogP contribution is -2.34. The summed E-state index contributed by atoms with van der Waals surface area (Å²) in [5, 5.41) is 14.6. The van der Waals surface area contributed by atoms with Crippen molar-refractivity contribution in [2.75, 3.05) is 11.9 Å². The van der Waals surface area contributed by atoms with Crippen LogP contribution in [0.2, 0.25) is 5.02 Å². The number of halogens is 1. The lowest BCUT2D eigenvalue weighted by atomic mass is 10.2. The van der Waals surface area contributed by atoms with Crippen LogP contribution < -0.4 is 15.4 Å². The van der Waals surface area contributed by atoms with Crippen LogP contribution in [0, 0.1) is 0 Å². The molecule has 0 unspecified atom stereocenters. The molecule has 8 heteroatoms. The van der Waals surface area contributed by atoms with Crippen LogP contribution in [0.25, 0.3) is 0 Å². The molecule has 0 spiro atoms. The van der Waals surface area contributed by atoms with Crippen LogP contribution >= 0.6 is 23.8 Å². The van der Waals surface area contributed by atoms with Crippen molar-refractivity contribution >= 4 is 46.5 Å². The largest absolute Gasteiger partial charge is 0.494 e. The van der Waals surface area contributed by atoms with Crippen LogP contribution in [0.1, 0.15) is 40.5 Å². The monoisotopic (exact) mass is 406 g/mol. The number of aromatic carboxylic acids is 1. The Labute approximate surface area is 167 Å². The van der Waals surface area contributed by atoms with E-state index in [1.54, 1.807) is 24.3 Å². The number of carboxylic acid groups (broad SMARTS) is 1. The molecular weight excluding hydrogens is 388 g/mol. The van der Waals surface area contributed by atoms with Crippen molar-refractivity contribution in [3.8, 4) is 5.75 Å². The molecule has 27 heavy (non-hydrogen) atoms. The lowest BCUT2D eigenvalue weighted by molar-refractivity contribution is 0.0696. The molecule has 2 rings (SSSR count). The number of carbonyl (C=O) groups is 2. The van der Waals surface area contributed by atoms with Gasteiger partial charge in [-0.05, 0) is 55.0 Å². The van der Waals surface area contributed by atoms with Gasteiger partial charge < -0.3 is 15.2 Å². The van der Waals surface area contributed by atoms with Crippen molar-refractivity contribution in [2.24, 2.45) is 0 Å². The van der Waals surface area contributed by atoms with E-state index < -0.39 is 11.9 Å². The Morgan fingerprint density at radius 1 is 1.19 bits per heavy atom. The number of hydrogen-bond donors (Lipinski definition) is 3. The Morgan fingerprint density at radius 3 is 2.67 bits per heavy atom. The van der Waals surface area contributed by atoms with Crippen molar-refractivity contribution in [3.05, 3.63) is 58.6 Å². The average Bonchev–Trinajstić information content (AvgIpc) is 2.63. The minimum Gasteiger partial charge on any atom is -0.494 e. The highest BCUT2D eigenvalue weighted by Crippen LogP contribution is 2.23. The molecule has 0 bridgehead atoms. The van der Waals surface area contributed by atoms with Gasteiger partial charge in [-0.1, -0.05) is 31.0 Å². The SMILES string of the molecule is CCCCOc1cccc(C(=O)NC(=S)Nc2cc(C(=O)O)ccc2Cl)c1. The fourth-order valence-corrected chi connectivity index (χ4v) is 2.51. The smallest absolute Gasteiger partial charge is 0.335 e. The van der Waals surface area contributed by atoms with E-state index in [4.69, 9.17) is 33.7 Å². The third-order valence-corrected chi connectivity index (χ3v) is 4.09. The van der Waals surface area contributed by atoms with Crippen LogP contribution in [0.4, 0.5) is 5.69 Å². The van der Waals surface area contributed by atoms with E-state index in [2.05, 4.69) is 17.6 Å². The standard InChI is InChI=1S/C19H19ClN2O4S/c1-2-3-9-26-14-6-4-5-12(10-14)17(23)22-19(27)21-16-11-13(18(24)25)7-8-15(16)20/h4-8,10-11H,2-3,9H2,1H3,(H,24,25)(H2,21,22,23,27). The number of amides is 1. The summed E-state index contributed by atoms with van der Waals surface area (Å²) in [6.45, 7) is 2.65. The quantitative estimate of drug-likeness (QED) is 0.468. The van der Waals surface area contributed by atoms with Crippen molar-refractivity contribution in [3.63, 3.8) is 0 Å². The Morgan fingerprint density at radius 2 is 1.96 bits per heavy atom. The van der Waals surface area contributed by atoms with Gasteiger partial charge in [-0.25, -0.2) is 4.79 Å². The Balaban J connectivity index is 2.02. The second-order valence-electron chi connectivity index (χ2n) is 5.64. The highest BCUT2D eigenvalue weighted by Gasteiger charge is 2.12. The summed E-state index contributed by atoms with van der Waals surface area (Å²) < 4.78 is 5.59. The zero-order valence-corrected chi connectivity index (χ0v) is 16.2. The van der Waals surface area contributed by atoms with E-state index in [-0.39, 0.29) is 15.7 Å². The molecule has 0 aliphatic carbocycles. The summed E-state index contributed by atoms with van der Waals surface area (Å²) in [6, 6.07) is 10.9. The number of carbonyl (C=O) groups excluding carboxylic acids is 1. The zero-order chi connectivity index (χ0) is 19.8. The first-order valence-electron chi connectivity index (χ1n) is 8.28. The van der Waals surface area contributed by atoms with Crippen LogP contribution in [0.15, 0.2) is 42.5 Å². The first kappa shape index (κ1) is 20.7. The summed E-state index contributed by atoms with van der Waals surface area (Å²) in [7, 11) is 0. The predicted octanol–water partition coefficient (Wildman–Crippen LogP) is 4.34. The van der Waals surface area contributed by atoms with Crippen molar-refractivity contribution in [2.45, 2.75) is 19.8 Å². The predicted molar refractivity (Wildman–Crippen MR) is 109 cm³/mol. The molecule has 0 saturated carbocycles. The highest BCUT2D eigenvalue weighted by molar-refractivity contribution is 7.80. The Hall–Kier alpha value is -2.64. The molecular formula is C19H19ClN2O4S. The number of rotatable bonds is 7. The Bertz CT molecular complexity index is 857. The molecule has 2 aromatic rings. The van der Waals surface area contributed by atoms with Gasteiger partial charge in [0.15, 0.2) is 5.11 Å². The fraction of sp³-hybridized carbons (Fsp3) is 0.211. The molecule has 142 valence electrons. The van der Waals surface area contributed by atoms with Crippen molar-refractivity contribution < 1.29 is 19.4 Å². The molecule has 0 aromatic heterocycles. The molecule has 0 radical (unpaired) electrons. The number of unbranched alkanes of at least 4 members (excludes halogenated alkanes) is 1. The van der Waals surface area contributed by atoms with Gasteiger partial charge in [-0.3, -0.25) is 10.1 Å². The molecule has 0 heterocycles. The zero-order valence-electron chi connectivity index (χ0n) is 14.6. The van der Waals surface area contributed by atoms with Gasteiger partial charge in [-0.15, -0.1) is 0 Å². The Kier molecular flexibility index (Phi) is 7.57. The van der Waals surface area contributed by atoms with Crippen LogP contribution in [0.5, 0.6) is 5.75 Å². The van der Waals surface area contributed by atoms with Gasteiger partial charge in [0.1, 0.15) is 5.75 Å². The van der Waals surface area contributed by atoms with E-state index in [1.807, 2.05) is 0 Å². The maximum Gasteiger partial charge on any atom is 0.335 e. The van der Waals surface area contributed by atoms with Gasteiger partial charge in [-0.2, -0.15) is 0 Å². The number of ether oxygens (including phenoxy) is 1. The summed E-state index contributed by atoms with van der Waals surface area (Å²) in [4.78, 5) is 23.4. The minimum absolute atomic E-state index is 0.00161. The van der Waals surface area contributed by atoms with Gasteiger partial charge in [0.2, 0.25) is 0 Å². The lowest BCUT2D eigenvalue weighted by Gasteiger charge is -2.12. The maximum atomic E-state index is 12.4.